The lowest BCUT2D eigenvalue weighted by Crippen LogP contribution is -2.53. The van der Waals surface area contributed by atoms with Gasteiger partial charge in [0.1, 0.15) is 0 Å². The summed E-state index contributed by atoms with van der Waals surface area (Å²) in [6.07, 6.45) is 12.7. The van der Waals surface area contributed by atoms with Crippen LogP contribution in [-0.4, -0.2) is 22.5 Å². The third-order valence-electron chi connectivity index (χ3n) is 9.44. The molecule has 2 aliphatic carbocycles. The van der Waals surface area contributed by atoms with Crippen LogP contribution in [0.25, 0.3) is 0 Å². The van der Waals surface area contributed by atoms with Crippen molar-refractivity contribution >= 4 is 50.5 Å². The number of thiol groups is 4. The van der Waals surface area contributed by atoms with Gasteiger partial charge in [0.25, 0.3) is 0 Å². The molecule has 0 spiro atoms. The second-order valence-corrected chi connectivity index (χ2v) is 13.2. The molecule has 0 N–H and O–H groups in total. The first-order valence-electron chi connectivity index (χ1n) is 14.3. The molecule has 0 heterocycles. The minimum Gasteiger partial charge on any atom is -0.179 e. The van der Waals surface area contributed by atoms with Gasteiger partial charge in [-0.2, -0.15) is 50.5 Å². The zero-order chi connectivity index (χ0) is 25.4. The molecule has 0 bridgehead atoms. The SMILES string of the molecule is SCCCC(c1ccccc1)C(c1ccccc1)(C1CCCC(CS)C1)C(S)C1CCCC(CS)C1. The molecule has 36 heavy (non-hydrogen) atoms. The Balaban J connectivity index is 1.91. The van der Waals surface area contributed by atoms with Crippen molar-refractivity contribution in [1.82, 2.24) is 0 Å². The predicted molar refractivity (Wildman–Crippen MR) is 172 cm³/mol. The van der Waals surface area contributed by atoms with Gasteiger partial charge in [0, 0.05) is 10.7 Å². The van der Waals surface area contributed by atoms with Crippen molar-refractivity contribution in [2.45, 2.75) is 80.8 Å². The normalized spacial score (nSPS) is 28.2. The van der Waals surface area contributed by atoms with Gasteiger partial charge in [0.2, 0.25) is 0 Å². The minimum atomic E-state index is -0.0144. The Hall–Kier alpha value is -0.160. The van der Waals surface area contributed by atoms with Gasteiger partial charge < -0.3 is 0 Å². The molecule has 0 nitrogen and oxygen atoms in total. The third kappa shape index (κ3) is 6.35. The first kappa shape index (κ1) is 28.8. The summed E-state index contributed by atoms with van der Waals surface area (Å²) >= 11 is 20.0. The van der Waals surface area contributed by atoms with E-state index in [0.29, 0.717) is 28.9 Å². The highest BCUT2D eigenvalue weighted by molar-refractivity contribution is 7.81. The van der Waals surface area contributed by atoms with Crippen molar-refractivity contribution in [2.75, 3.05) is 17.3 Å². The van der Waals surface area contributed by atoms with Crippen LogP contribution < -0.4 is 0 Å². The molecule has 2 aliphatic rings. The lowest BCUT2D eigenvalue weighted by atomic mass is 9.51. The van der Waals surface area contributed by atoms with E-state index >= 15 is 0 Å². The highest BCUT2D eigenvalue weighted by atomic mass is 32.1. The van der Waals surface area contributed by atoms with E-state index in [0.717, 1.165) is 36.0 Å². The molecule has 0 aromatic heterocycles. The summed E-state index contributed by atoms with van der Waals surface area (Å²) in [6, 6.07) is 23.0. The molecule has 198 valence electrons. The lowest BCUT2D eigenvalue weighted by molar-refractivity contribution is 0.101. The summed E-state index contributed by atoms with van der Waals surface area (Å²) in [7, 11) is 0. The molecule has 4 heteroatoms. The fourth-order valence-corrected chi connectivity index (χ4v) is 9.45. The van der Waals surface area contributed by atoms with Crippen LogP contribution in [0.3, 0.4) is 0 Å². The monoisotopic (exact) mass is 558 g/mol. The van der Waals surface area contributed by atoms with Gasteiger partial charge in [-0.1, -0.05) is 73.5 Å². The van der Waals surface area contributed by atoms with Crippen LogP contribution in [-0.2, 0) is 5.41 Å². The van der Waals surface area contributed by atoms with Crippen molar-refractivity contribution in [3.05, 3.63) is 71.8 Å². The predicted octanol–water partition coefficient (Wildman–Crippen LogP) is 9.19. The quantitative estimate of drug-likeness (QED) is 0.194. The molecule has 0 aliphatic heterocycles. The van der Waals surface area contributed by atoms with Crippen LogP contribution in [0.4, 0.5) is 0 Å². The summed E-state index contributed by atoms with van der Waals surface area (Å²) in [5.41, 5.74) is 2.98. The van der Waals surface area contributed by atoms with Gasteiger partial charge in [-0.3, -0.25) is 0 Å². The summed E-state index contributed by atoms with van der Waals surface area (Å²) < 4.78 is 0. The molecular formula is C32H46S4. The maximum Gasteiger partial charge on any atom is 0.0169 e. The van der Waals surface area contributed by atoms with E-state index in [2.05, 4.69) is 73.3 Å². The van der Waals surface area contributed by atoms with E-state index < -0.39 is 0 Å². The van der Waals surface area contributed by atoms with Gasteiger partial charge in [0.05, 0.1) is 0 Å². The van der Waals surface area contributed by atoms with E-state index in [1.54, 1.807) is 0 Å². The molecule has 2 saturated carbocycles. The van der Waals surface area contributed by atoms with Crippen molar-refractivity contribution < 1.29 is 0 Å². The average Bonchev–Trinajstić information content (AvgIpc) is 2.96. The fraction of sp³-hybridized carbons (Fsp3) is 0.625. The van der Waals surface area contributed by atoms with Crippen LogP contribution >= 0.6 is 50.5 Å². The van der Waals surface area contributed by atoms with Crippen LogP contribution in [0.1, 0.15) is 81.3 Å². The number of rotatable bonds is 11. The summed E-state index contributed by atoms with van der Waals surface area (Å²) in [4.78, 5) is 0. The smallest absolute Gasteiger partial charge is 0.0169 e. The van der Waals surface area contributed by atoms with Crippen LogP contribution in [0.2, 0.25) is 0 Å². The third-order valence-corrected chi connectivity index (χ3v) is 11.6. The lowest BCUT2D eigenvalue weighted by Gasteiger charge is -2.55. The fourth-order valence-electron chi connectivity index (χ4n) is 7.79. The molecular weight excluding hydrogens is 513 g/mol. The van der Waals surface area contributed by atoms with Crippen LogP contribution in [0.15, 0.2) is 60.7 Å². The topological polar surface area (TPSA) is 0 Å². The minimum absolute atomic E-state index is 0.0144. The highest BCUT2D eigenvalue weighted by Crippen LogP contribution is 2.58. The van der Waals surface area contributed by atoms with Gasteiger partial charge in [-0.05, 0) is 109 Å². The van der Waals surface area contributed by atoms with E-state index in [1.165, 1.54) is 62.5 Å². The summed E-state index contributed by atoms with van der Waals surface area (Å²) in [5.74, 6) is 6.01. The summed E-state index contributed by atoms with van der Waals surface area (Å²) in [5, 5.41) is 0.316. The Morgan fingerprint density at radius 3 is 2.00 bits per heavy atom. The Labute approximate surface area is 242 Å². The van der Waals surface area contributed by atoms with E-state index in [9.17, 15) is 0 Å². The second-order valence-electron chi connectivity index (χ2n) is 11.5. The number of benzene rings is 2. The van der Waals surface area contributed by atoms with Gasteiger partial charge >= 0.3 is 0 Å². The molecule has 2 aromatic carbocycles. The van der Waals surface area contributed by atoms with Gasteiger partial charge in [-0.25, -0.2) is 0 Å². The maximum absolute atomic E-state index is 5.76. The zero-order valence-corrected chi connectivity index (χ0v) is 25.3. The van der Waals surface area contributed by atoms with Gasteiger partial charge in [0.15, 0.2) is 0 Å². The van der Waals surface area contributed by atoms with Crippen molar-refractivity contribution in [2.24, 2.45) is 23.7 Å². The van der Waals surface area contributed by atoms with Crippen molar-refractivity contribution in [3.8, 4) is 0 Å². The molecule has 0 amide bonds. The Bertz CT molecular complexity index is 888. The Kier molecular flexibility index (Phi) is 11.4. The standard InChI is InChI=1S/C32H46S4/c33-19-9-18-30(26-12-3-1-4-13-26)32(28-15-5-2-6-16-28,29-17-8-11-25(21-29)23-35)31(36)27-14-7-10-24(20-27)22-34/h1-6,12-13,15-16,24-25,27,29-31,33-36H,7-11,14,17-23H2. The average molecular weight is 559 g/mol. The molecule has 0 saturated heterocycles. The second kappa shape index (κ2) is 14.3. The van der Waals surface area contributed by atoms with E-state index in [4.69, 9.17) is 37.9 Å². The Morgan fingerprint density at radius 1 is 0.750 bits per heavy atom. The molecule has 0 radical (unpaired) electrons. The molecule has 4 rings (SSSR count). The van der Waals surface area contributed by atoms with Crippen LogP contribution in [0, 0.1) is 23.7 Å². The molecule has 7 atom stereocenters. The van der Waals surface area contributed by atoms with Gasteiger partial charge in [-0.15, -0.1) is 0 Å². The van der Waals surface area contributed by atoms with Crippen molar-refractivity contribution in [3.63, 3.8) is 0 Å². The number of hydrogen-bond acceptors (Lipinski definition) is 4. The molecule has 2 aromatic rings. The zero-order valence-electron chi connectivity index (χ0n) is 21.7. The maximum atomic E-state index is 5.76. The Morgan fingerprint density at radius 2 is 1.36 bits per heavy atom. The van der Waals surface area contributed by atoms with E-state index in [-0.39, 0.29) is 5.41 Å². The first-order valence-corrected chi connectivity index (χ1v) is 16.7. The molecule has 7 unspecified atom stereocenters. The van der Waals surface area contributed by atoms with Crippen LogP contribution in [0.5, 0.6) is 0 Å². The van der Waals surface area contributed by atoms with Crippen molar-refractivity contribution in [1.29, 1.82) is 0 Å². The largest absolute Gasteiger partial charge is 0.179 e. The first-order chi connectivity index (χ1) is 17.6. The molecule has 2 fully saturated rings. The number of hydrogen-bond donors (Lipinski definition) is 4. The van der Waals surface area contributed by atoms with E-state index in [1.807, 2.05) is 0 Å². The summed E-state index contributed by atoms with van der Waals surface area (Å²) in [6.45, 7) is 0. The highest BCUT2D eigenvalue weighted by Gasteiger charge is 2.54.